The molecule has 152 valence electrons. The molecule has 1 N–H and O–H groups in total. The SMILES string of the molecule is Cc1ccc(-c2cn3cccc(C)c3n2)cc1NC(=O)c1cnn(-c2ccccc2)n1. The number of nitrogens with one attached hydrogen (secondary N) is 1. The summed E-state index contributed by atoms with van der Waals surface area (Å²) in [5.74, 6) is -0.312. The van der Waals surface area contributed by atoms with Crippen molar-refractivity contribution >= 4 is 17.2 Å². The third-order valence-electron chi connectivity index (χ3n) is 5.17. The third-order valence-corrected chi connectivity index (χ3v) is 5.17. The molecule has 7 heteroatoms. The number of fused-ring (bicyclic) bond motifs is 1. The van der Waals surface area contributed by atoms with Crippen molar-refractivity contribution in [1.82, 2.24) is 24.4 Å². The first-order chi connectivity index (χ1) is 15.1. The molecule has 0 saturated carbocycles. The van der Waals surface area contributed by atoms with Gasteiger partial charge in [-0.05, 0) is 49.2 Å². The van der Waals surface area contributed by atoms with E-state index in [1.807, 2.05) is 91.3 Å². The average Bonchev–Trinajstić information content (AvgIpc) is 3.44. The van der Waals surface area contributed by atoms with E-state index in [2.05, 4.69) is 15.5 Å². The van der Waals surface area contributed by atoms with Crippen LogP contribution in [0.15, 0.2) is 79.3 Å². The van der Waals surface area contributed by atoms with Gasteiger partial charge >= 0.3 is 0 Å². The Balaban J connectivity index is 1.42. The van der Waals surface area contributed by atoms with Gasteiger partial charge in [-0.3, -0.25) is 4.79 Å². The predicted molar refractivity (Wildman–Crippen MR) is 119 cm³/mol. The van der Waals surface area contributed by atoms with Crippen LogP contribution in [0.4, 0.5) is 5.69 Å². The van der Waals surface area contributed by atoms with Gasteiger partial charge < -0.3 is 9.72 Å². The summed E-state index contributed by atoms with van der Waals surface area (Å²) < 4.78 is 2.00. The normalized spacial score (nSPS) is 11.0. The summed E-state index contributed by atoms with van der Waals surface area (Å²) in [6.45, 7) is 3.99. The molecule has 0 aliphatic carbocycles. The van der Waals surface area contributed by atoms with Crippen LogP contribution in [0, 0.1) is 13.8 Å². The third kappa shape index (κ3) is 3.57. The number of hydrogen-bond acceptors (Lipinski definition) is 4. The number of nitrogens with zero attached hydrogens (tertiary/aromatic N) is 5. The molecule has 5 aromatic rings. The maximum absolute atomic E-state index is 12.8. The lowest BCUT2D eigenvalue weighted by Gasteiger charge is -2.09. The summed E-state index contributed by atoms with van der Waals surface area (Å²) in [7, 11) is 0. The van der Waals surface area contributed by atoms with Crippen LogP contribution in [0.3, 0.4) is 0 Å². The summed E-state index contributed by atoms with van der Waals surface area (Å²) in [6, 6.07) is 19.4. The summed E-state index contributed by atoms with van der Waals surface area (Å²) in [5, 5.41) is 11.5. The largest absolute Gasteiger partial charge is 0.320 e. The molecule has 7 nitrogen and oxygen atoms in total. The first kappa shape index (κ1) is 18.7. The zero-order chi connectivity index (χ0) is 21.4. The number of aryl methyl sites for hydroxylation is 2. The molecule has 31 heavy (non-hydrogen) atoms. The summed E-state index contributed by atoms with van der Waals surface area (Å²) in [6.07, 6.45) is 5.43. The fraction of sp³-hybridized carbons (Fsp3) is 0.0833. The van der Waals surface area contributed by atoms with Gasteiger partial charge in [0.1, 0.15) is 5.65 Å². The van der Waals surface area contributed by atoms with Crippen molar-refractivity contribution < 1.29 is 4.79 Å². The number of rotatable bonds is 4. The molecule has 3 aromatic heterocycles. The Labute approximate surface area is 179 Å². The van der Waals surface area contributed by atoms with Crippen molar-refractivity contribution in [1.29, 1.82) is 0 Å². The van der Waals surface area contributed by atoms with Gasteiger partial charge in [-0.2, -0.15) is 9.90 Å². The number of carbonyl (C=O) groups excluding carboxylic acids is 1. The average molecular weight is 408 g/mol. The molecule has 0 aliphatic rings. The van der Waals surface area contributed by atoms with Crippen LogP contribution in [0.1, 0.15) is 21.6 Å². The molecule has 2 aromatic carbocycles. The molecule has 0 saturated heterocycles. The highest BCUT2D eigenvalue weighted by Gasteiger charge is 2.14. The van der Waals surface area contributed by atoms with Crippen LogP contribution in [0.5, 0.6) is 0 Å². The highest BCUT2D eigenvalue weighted by molar-refractivity contribution is 6.03. The molecule has 0 aliphatic heterocycles. The van der Waals surface area contributed by atoms with E-state index in [1.165, 1.54) is 11.0 Å². The van der Waals surface area contributed by atoms with Crippen LogP contribution in [-0.4, -0.2) is 30.3 Å². The van der Waals surface area contributed by atoms with Crippen LogP contribution >= 0.6 is 0 Å². The fourth-order valence-corrected chi connectivity index (χ4v) is 3.45. The number of hydrogen-bond donors (Lipinski definition) is 1. The number of imidazole rings is 1. The maximum Gasteiger partial charge on any atom is 0.277 e. The number of pyridine rings is 1. The lowest BCUT2D eigenvalue weighted by Crippen LogP contribution is -2.14. The Bertz CT molecular complexity index is 1400. The highest BCUT2D eigenvalue weighted by atomic mass is 16.2. The van der Waals surface area contributed by atoms with Gasteiger partial charge in [0.2, 0.25) is 0 Å². The minimum Gasteiger partial charge on any atom is -0.320 e. The second kappa shape index (κ2) is 7.53. The molecule has 0 bridgehead atoms. The second-order valence-corrected chi connectivity index (χ2v) is 7.39. The van der Waals surface area contributed by atoms with E-state index in [0.29, 0.717) is 5.69 Å². The molecule has 0 fully saturated rings. The zero-order valence-corrected chi connectivity index (χ0v) is 17.1. The number of para-hydroxylation sites is 1. The first-order valence-corrected chi connectivity index (χ1v) is 9.93. The van der Waals surface area contributed by atoms with Crippen molar-refractivity contribution in [2.45, 2.75) is 13.8 Å². The quantitative estimate of drug-likeness (QED) is 0.477. The summed E-state index contributed by atoms with van der Waals surface area (Å²) >= 11 is 0. The number of aromatic nitrogens is 5. The van der Waals surface area contributed by atoms with E-state index in [9.17, 15) is 4.79 Å². The highest BCUT2D eigenvalue weighted by Crippen LogP contribution is 2.26. The molecule has 3 heterocycles. The maximum atomic E-state index is 12.8. The fourth-order valence-electron chi connectivity index (χ4n) is 3.45. The molecular formula is C24H20N6O. The lowest BCUT2D eigenvalue weighted by molar-refractivity contribution is 0.102. The number of benzene rings is 2. The molecule has 0 spiro atoms. The van der Waals surface area contributed by atoms with E-state index in [4.69, 9.17) is 4.98 Å². The van der Waals surface area contributed by atoms with Crippen LogP contribution in [0.2, 0.25) is 0 Å². The van der Waals surface area contributed by atoms with Gasteiger partial charge in [0.25, 0.3) is 5.91 Å². The van der Waals surface area contributed by atoms with Crippen molar-refractivity contribution in [3.05, 3.63) is 96.1 Å². The zero-order valence-electron chi connectivity index (χ0n) is 17.1. The Morgan fingerprint density at radius 1 is 0.968 bits per heavy atom. The van der Waals surface area contributed by atoms with Crippen molar-refractivity contribution in [2.24, 2.45) is 0 Å². The van der Waals surface area contributed by atoms with Gasteiger partial charge in [-0.1, -0.05) is 36.4 Å². The molecule has 0 atom stereocenters. The Hall–Kier alpha value is -4.26. The van der Waals surface area contributed by atoms with E-state index in [0.717, 1.165) is 33.7 Å². The number of amides is 1. The predicted octanol–water partition coefficient (Wildman–Crippen LogP) is 4.45. The number of carbonyl (C=O) groups is 1. The Morgan fingerprint density at radius 3 is 2.61 bits per heavy atom. The van der Waals surface area contributed by atoms with Gasteiger partial charge in [0.05, 0.1) is 17.6 Å². The van der Waals surface area contributed by atoms with Crippen LogP contribution < -0.4 is 5.32 Å². The summed E-state index contributed by atoms with van der Waals surface area (Å²) in [4.78, 5) is 19.0. The molecule has 0 radical (unpaired) electrons. The lowest BCUT2D eigenvalue weighted by atomic mass is 10.1. The summed E-state index contributed by atoms with van der Waals surface area (Å²) in [5.41, 5.74) is 6.51. The Kier molecular flexibility index (Phi) is 4.55. The van der Waals surface area contributed by atoms with Crippen molar-refractivity contribution in [3.63, 3.8) is 0 Å². The van der Waals surface area contributed by atoms with Gasteiger partial charge in [-0.15, -0.1) is 5.10 Å². The monoisotopic (exact) mass is 408 g/mol. The molecule has 0 unspecified atom stereocenters. The van der Waals surface area contributed by atoms with E-state index < -0.39 is 0 Å². The minimum absolute atomic E-state index is 0.247. The molecule has 1 amide bonds. The minimum atomic E-state index is -0.312. The van der Waals surface area contributed by atoms with Crippen molar-refractivity contribution in [3.8, 4) is 16.9 Å². The topological polar surface area (TPSA) is 77.1 Å². The van der Waals surface area contributed by atoms with Crippen LogP contribution in [0.25, 0.3) is 22.6 Å². The van der Waals surface area contributed by atoms with Crippen LogP contribution in [-0.2, 0) is 0 Å². The van der Waals surface area contributed by atoms with Gasteiger partial charge in [-0.25, -0.2) is 4.98 Å². The van der Waals surface area contributed by atoms with E-state index >= 15 is 0 Å². The molecule has 5 rings (SSSR count). The van der Waals surface area contributed by atoms with E-state index in [-0.39, 0.29) is 11.6 Å². The Morgan fingerprint density at radius 2 is 1.81 bits per heavy atom. The second-order valence-electron chi connectivity index (χ2n) is 7.39. The first-order valence-electron chi connectivity index (χ1n) is 9.93. The van der Waals surface area contributed by atoms with Gasteiger partial charge in [0.15, 0.2) is 5.69 Å². The van der Waals surface area contributed by atoms with Gasteiger partial charge in [0, 0.05) is 23.6 Å². The van der Waals surface area contributed by atoms with Crippen molar-refractivity contribution in [2.75, 3.05) is 5.32 Å². The van der Waals surface area contributed by atoms with E-state index in [1.54, 1.807) is 0 Å². The molecular weight excluding hydrogens is 388 g/mol. The number of anilines is 1. The standard InChI is InChI=1S/C24H20N6O/c1-16-10-11-18(22-15-29-12-6-7-17(2)23(29)26-22)13-20(16)27-24(31)21-14-25-30(28-21)19-8-4-3-5-9-19/h3-15H,1-2H3,(H,27,31). The smallest absolute Gasteiger partial charge is 0.277 e.